The molecule has 1 aliphatic carbocycles. The Balaban J connectivity index is 1.16. The summed E-state index contributed by atoms with van der Waals surface area (Å²) in [6.07, 6.45) is 2.71. The van der Waals surface area contributed by atoms with Crippen LogP contribution in [0.1, 0.15) is 57.7 Å². The van der Waals surface area contributed by atoms with Crippen molar-refractivity contribution in [2.75, 3.05) is 13.4 Å². The highest BCUT2D eigenvalue weighted by atomic mass is 16.7. The van der Waals surface area contributed by atoms with Gasteiger partial charge in [0.1, 0.15) is 5.72 Å². The van der Waals surface area contributed by atoms with Crippen molar-refractivity contribution in [1.82, 2.24) is 15.8 Å². The molecule has 0 radical (unpaired) electrons. The van der Waals surface area contributed by atoms with Crippen LogP contribution >= 0.6 is 0 Å². The highest BCUT2D eigenvalue weighted by molar-refractivity contribution is 5.99. The molecule has 2 aliphatic heterocycles. The van der Waals surface area contributed by atoms with E-state index in [0.29, 0.717) is 29.2 Å². The average molecular weight is 514 g/mol. The lowest BCUT2D eigenvalue weighted by Crippen LogP contribution is -2.54. The summed E-state index contributed by atoms with van der Waals surface area (Å²) in [5.74, 6) is 0.296. The summed E-state index contributed by atoms with van der Waals surface area (Å²) in [4.78, 5) is 28.0. The van der Waals surface area contributed by atoms with Crippen molar-refractivity contribution >= 4 is 11.8 Å². The van der Waals surface area contributed by atoms with Crippen molar-refractivity contribution in [3.05, 3.63) is 94.5 Å². The van der Waals surface area contributed by atoms with E-state index in [-0.39, 0.29) is 24.0 Å². The molecule has 1 spiro atoms. The van der Waals surface area contributed by atoms with E-state index in [1.54, 1.807) is 18.2 Å². The Labute approximate surface area is 221 Å². The van der Waals surface area contributed by atoms with Crippen LogP contribution in [0.15, 0.2) is 66.7 Å². The normalized spacial score (nSPS) is 21.2. The van der Waals surface area contributed by atoms with Gasteiger partial charge in [0.15, 0.2) is 11.5 Å². The van der Waals surface area contributed by atoms with Crippen LogP contribution in [0, 0.1) is 0 Å². The van der Waals surface area contributed by atoms with Gasteiger partial charge in [-0.15, -0.1) is 0 Å². The zero-order valence-corrected chi connectivity index (χ0v) is 21.6. The molecule has 38 heavy (non-hydrogen) atoms. The fourth-order valence-corrected chi connectivity index (χ4v) is 5.80. The Bertz CT molecular complexity index is 1390. The fourth-order valence-electron chi connectivity index (χ4n) is 5.80. The predicted molar refractivity (Wildman–Crippen MR) is 141 cm³/mol. The van der Waals surface area contributed by atoms with Gasteiger partial charge in [-0.1, -0.05) is 36.4 Å². The number of ether oxygens (including phenoxy) is 3. The van der Waals surface area contributed by atoms with Gasteiger partial charge in [0.05, 0.1) is 12.1 Å². The predicted octanol–water partition coefficient (Wildman–Crippen LogP) is 3.99. The Morgan fingerprint density at radius 2 is 1.58 bits per heavy atom. The minimum atomic E-state index is -0.435. The number of hydrogen-bond acceptors (Lipinski definition) is 6. The van der Waals surface area contributed by atoms with E-state index in [0.717, 1.165) is 31.4 Å². The summed E-state index contributed by atoms with van der Waals surface area (Å²) in [5, 5.41) is 0. The summed E-state index contributed by atoms with van der Waals surface area (Å²) in [5.41, 5.74) is 9.02. The monoisotopic (exact) mass is 513 g/mol. The molecule has 8 nitrogen and oxygen atoms in total. The number of carbonyl (C=O) groups is 2. The van der Waals surface area contributed by atoms with Gasteiger partial charge in [0.2, 0.25) is 6.79 Å². The van der Waals surface area contributed by atoms with Crippen LogP contribution in [0.2, 0.25) is 0 Å². The molecule has 0 saturated carbocycles. The number of benzene rings is 3. The van der Waals surface area contributed by atoms with Crippen molar-refractivity contribution < 1.29 is 23.8 Å². The number of aryl methyl sites for hydroxylation is 1. The maximum absolute atomic E-state index is 13.0. The van der Waals surface area contributed by atoms with Crippen molar-refractivity contribution in [1.29, 1.82) is 0 Å². The molecule has 0 bridgehead atoms. The summed E-state index contributed by atoms with van der Waals surface area (Å²) in [6, 6.07) is 21.2. The molecule has 1 saturated heterocycles. The lowest BCUT2D eigenvalue weighted by atomic mass is 9.76. The number of fused-ring (bicyclic) bond motifs is 2. The molecule has 6 rings (SSSR count). The number of amides is 2. The van der Waals surface area contributed by atoms with Crippen molar-refractivity contribution in [2.24, 2.45) is 0 Å². The molecule has 1 atom stereocenters. The maximum Gasteiger partial charge on any atom is 0.269 e. The van der Waals surface area contributed by atoms with E-state index in [1.165, 1.54) is 11.1 Å². The molecule has 3 aromatic carbocycles. The van der Waals surface area contributed by atoms with Gasteiger partial charge in [-0.2, -0.15) is 0 Å². The smallest absolute Gasteiger partial charge is 0.269 e. The molecule has 2 amide bonds. The van der Waals surface area contributed by atoms with Gasteiger partial charge in [-0.25, -0.2) is 0 Å². The van der Waals surface area contributed by atoms with Gasteiger partial charge in [-0.3, -0.25) is 25.3 Å². The molecule has 196 valence electrons. The Morgan fingerprint density at radius 3 is 2.37 bits per heavy atom. The number of rotatable bonds is 4. The van der Waals surface area contributed by atoms with Crippen molar-refractivity contribution in [3.63, 3.8) is 0 Å². The number of nitrogens with zero attached hydrogens (tertiary/aromatic N) is 1. The molecular weight excluding hydrogens is 482 g/mol. The Hall–Kier alpha value is -3.88. The first-order valence-corrected chi connectivity index (χ1v) is 12.9. The van der Waals surface area contributed by atoms with Crippen LogP contribution in [0.3, 0.4) is 0 Å². The first-order chi connectivity index (χ1) is 18.3. The quantitative estimate of drug-likeness (QED) is 0.513. The van der Waals surface area contributed by atoms with E-state index in [9.17, 15) is 9.59 Å². The van der Waals surface area contributed by atoms with Crippen LogP contribution in [0.4, 0.5) is 0 Å². The lowest BCUT2D eigenvalue weighted by molar-refractivity contribution is -0.0673. The second-order valence-corrected chi connectivity index (χ2v) is 10.7. The zero-order chi connectivity index (χ0) is 26.3. The molecule has 2 heterocycles. The Kier molecular flexibility index (Phi) is 6.08. The summed E-state index contributed by atoms with van der Waals surface area (Å²) in [7, 11) is 0. The topological polar surface area (TPSA) is 89.1 Å². The minimum absolute atomic E-state index is 0.129. The third kappa shape index (κ3) is 4.50. The second-order valence-electron chi connectivity index (χ2n) is 10.7. The highest BCUT2D eigenvalue weighted by Gasteiger charge is 2.52. The van der Waals surface area contributed by atoms with E-state index in [2.05, 4.69) is 53.9 Å². The standard InChI is InChI=1S/C30H31N3O5/c1-29(2)33(17-20-6-4-3-5-7-20)30(18-38-29)13-12-21-8-9-22(14-24(21)16-30)27(34)31-32-28(35)23-10-11-25-26(15-23)37-19-36-25/h3-11,14-15H,12-13,16-19H2,1-2H3,(H,31,34)(H,32,35)/t30-/m0/s1. The first-order valence-electron chi connectivity index (χ1n) is 12.9. The minimum Gasteiger partial charge on any atom is -0.454 e. The van der Waals surface area contributed by atoms with E-state index in [4.69, 9.17) is 14.2 Å². The number of hydrazine groups is 1. The highest BCUT2D eigenvalue weighted by Crippen LogP contribution is 2.44. The third-order valence-corrected chi connectivity index (χ3v) is 7.87. The second kappa shape index (κ2) is 9.45. The molecule has 1 fully saturated rings. The largest absolute Gasteiger partial charge is 0.454 e. The van der Waals surface area contributed by atoms with Crippen LogP contribution < -0.4 is 20.3 Å². The van der Waals surface area contributed by atoms with Gasteiger partial charge in [-0.05, 0) is 80.1 Å². The molecule has 8 heteroatoms. The zero-order valence-electron chi connectivity index (χ0n) is 21.6. The molecule has 3 aromatic rings. The molecule has 3 aliphatic rings. The average Bonchev–Trinajstić information content (AvgIpc) is 3.50. The van der Waals surface area contributed by atoms with Gasteiger partial charge < -0.3 is 14.2 Å². The number of nitrogens with one attached hydrogen (secondary N) is 2. The first kappa shape index (κ1) is 24.5. The molecule has 0 unspecified atom stereocenters. The van der Waals surface area contributed by atoms with Crippen LogP contribution in [-0.4, -0.2) is 41.4 Å². The van der Waals surface area contributed by atoms with Crippen molar-refractivity contribution in [2.45, 2.75) is 50.9 Å². The van der Waals surface area contributed by atoms with E-state index < -0.39 is 5.91 Å². The van der Waals surface area contributed by atoms with E-state index in [1.807, 2.05) is 24.3 Å². The molecular formula is C30H31N3O5. The van der Waals surface area contributed by atoms with Gasteiger partial charge in [0.25, 0.3) is 11.8 Å². The third-order valence-electron chi connectivity index (χ3n) is 7.87. The van der Waals surface area contributed by atoms with Gasteiger partial charge >= 0.3 is 0 Å². The molecule has 0 aromatic heterocycles. The number of hydrogen-bond donors (Lipinski definition) is 2. The summed E-state index contributed by atoms with van der Waals surface area (Å²) >= 11 is 0. The summed E-state index contributed by atoms with van der Waals surface area (Å²) in [6.45, 7) is 5.84. The van der Waals surface area contributed by atoms with Crippen molar-refractivity contribution in [3.8, 4) is 11.5 Å². The number of carbonyl (C=O) groups excluding carboxylic acids is 2. The summed E-state index contributed by atoms with van der Waals surface area (Å²) < 4.78 is 16.9. The fraction of sp³-hybridized carbons (Fsp3) is 0.333. The Morgan fingerprint density at radius 1 is 0.868 bits per heavy atom. The van der Waals surface area contributed by atoms with Crippen LogP contribution in [0.5, 0.6) is 11.5 Å². The lowest BCUT2D eigenvalue weighted by Gasteiger charge is -2.45. The van der Waals surface area contributed by atoms with Crippen LogP contribution in [0.25, 0.3) is 0 Å². The van der Waals surface area contributed by atoms with Crippen LogP contribution in [-0.2, 0) is 24.1 Å². The maximum atomic E-state index is 13.0. The molecule has 2 N–H and O–H groups in total. The SMILES string of the molecule is CC1(C)OC[C@@]2(CCc3ccc(C(=O)NNC(=O)c4ccc5c(c4)OCO5)cc3C2)N1Cc1ccccc1. The van der Waals surface area contributed by atoms with E-state index >= 15 is 0 Å². The van der Waals surface area contributed by atoms with Gasteiger partial charge in [0, 0.05) is 17.7 Å².